The first-order chi connectivity index (χ1) is 23.1. The molecule has 0 spiro atoms. The zero-order valence-corrected chi connectivity index (χ0v) is 29.4. The molecule has 49 heavy (non-hydrogen) atoms. The van der Waals surface area contributed by atoms with E-state index in [1.807, 2.05) is 48.8 Å². The third-order valence-corrected chi connectivity index (χ3v) is 10.5. The first-order valence-electron chi connectivity index (χ1n) is 16.2. The Labute approximate surface area is 288 Å². The Kier molecular flexibility index (Phi) is 9.92. The van der Waals surface area contributed by atoms with Crippen molar-refractivity contribution in [3.8, 4) is 0 Å². The number of hydrogen-bond donors (Lipinski definition) is 2. The van der Waals surface area contributed by atoms with E-state index in [0.717, 1.165) is 57.9 Å². The number of para-hydroxylation sites is 1. The minimum Gasteiger partial charge on any atom is -0.744 e. The van der Waals surface area contributed by atoms with E-state index in [0.29, 0.717) is 24.9 Å². The quantitative estimate of drug-likeness (QED) is 0.0509. The van der Waals surface area contributed by atoms with Crippen molar-refractivity contribution in [3.05, 3.63) is 107 Å². The standard InChI is InChI=1S/C38H42N4O6S/c1-37(2)29-12-9-10-13-31(29)41(5)33(37)22-27(25-15-17-26(18-16-25)36(44)48-6)23-34-38(3,4)30-24-28(49(45,46)47)19-20-32(30)42(34)21-11-7-8-14-35(43)40-39/h9-10,12-13,15-20,22-24,39H,5,7-8,11,14,21H2,1-4,6H3,(H-,44,45,46,47)/p+1/b33-22-. The van der Waals surface area contributed by atoms with Crippen LogP contribution in [0.1, 0.15) is 80.4 Å². The number of unbranched alkanes of at least 4 members (excludes halogenated alkanes) is 2. The van der Waals surface area contributed by atoms with Gasteiger partial charge in [-0.15, -0.1) is 0 Å². The second-order valence-corrected chi connectivity index (χ2v) is 14.8. The first kappa shape index (κ1) is 35.6. The number of carbonyl (C=O) groups excluding carboxylic acids is 2. The molecule has 3 aromatic rings. The Morgan fingerprint density at radius 3 is 2.22 bits per heavy atom. The molecule has 1 amide bonds. The van der Waals surface area contributed by atoms with Crippen molar-refractivity contribution in [2.75, 3.05) is 13.7 Å². The molecule has 0 fully saturated rings. The van der Waals surface area contributed by atoms with E-state index in [1.165, 1.54) is 19.2 Å². The number of methoxy groups -OCH3 is 1. The lowest BCUT2D eigenvalue weighted by atomic mass is 9.79. The number of benzene rings is 3. The van der Waals surface area contributed by atoms with Crippen molar-refractivity contribution in [2.24, 2.45) is 5.84 Å². The van der Waals surface area contributed by atoms with Gasteiger partial charge in [-0.3, -0.25) is 10.2 Å². The summed E-state index contributed by atoms with van der Waals surface area (Å²) in [4.78, 5) is 23.7. The van der Waals surface area contributed by atoms with Gasteiger partial charge in [0.25, 0.3) is 0 Å². The van der Waals surface area contributed by atoms with E-state index in [9.17, 15) is 22.6 Å². The molecule has 2 aliphatic heterocycles. The fourth-order valence-electron chi connectivity index (χ4n) is 6.84. The smallest absolute Gasteiger partial charge is 0.337 e. The van der Waals surface area contributed by atoms with Crippen molar-refractivity contribution in [1.29, 1.82) is 0 Å². The molecular weight excluding hydrogens is 641 g/mol. The number of allylic oxidation sites excluding steroid dienone is 4. The number of hydrazine groups is 1. The number of hydrogen-bond acceptors (Lipinski definition) is 7. The summed E-state index contributed by atoms with van der Waals surface area (Å²) in [6, 6.07) is 19.9. The van der Waals surface area contributed by atoms with Crippen molar-refractivity contribution < 1.29 is 36.4 Å². The summed E-state index contributed by atoms with van der Waals surface area (Å²) in [5, 5.41) is 0. The molecule has 0 radical (unpaired) electrons. The average Bonchev–Trinajstić information content (AvgIpc) is 3.40. The largest absolute Gasteiger partial charge is 0.744 e. The summed E-state index contributed by atoms with van der Waals surface area (Å²) in [7, 11) is -3.34. The van der Waals surface area contributed by atoms with Gasteiger partial charge < -0.3 is 9.29 Å². The number of nitrogens with two attached hydrogens (primary N) is 1. The topological polar surface area (TPSA) is 145 Å². The molecule has 10 nitrogen and oxygen atoms in total. The fraction of sp³-hybridized carbons (Fsp3) is 0.316. The van der Waals surface area contributed by atoms with Crippen molar-refractivity contribution in [1.82, 2.24) is 5.43 Å². The van der Waals surface area contributed by atoms with E-state index in [2.05, 4.69) is 48.8 Å². The van der Waals surface area contributed by atoms with Gasteiger partial charge in [-0.2, -0.15) is 9.15 Å². The van der Waals surface area contributed by atoms with Gasteiger partial charge in [0.1, 0.15) is 23.4 Å². The molecule has 0 bridgehead atoms. The average molecular weight is 684 g/mol. The van der Waals surface area contributed by atoms with Crippen LogP contribution in [0.5, 0.6) is 0 Å². The Hall–Kier alpha value is -4.71. The van der Waals surface area contributed by atoms with Crippen LogP contribution in [0.3, 0.4) is 0 Å². The van der Waals surface area contributed by atoms with Gasteiger partial charge in [-0.25, -0.2) is 19.1 Å². The SMILES string of the molecule is C=[N+]1/C(=C\C(=C\C2=[N+](CCCCCC(=O)NN)c3ccc(S(=O)(=O)[O-])cc3C2(C)C)c2ccc(C(=O)OC)cc2)C(C)(C)c2ccccc21. The van der Waals surface area contributed by atoms with Crippen LogP contribution in [0.15, 0.2) is 89.5 Å². The van der Waals surface area contributed by atoms with Crippen LogP contribution < -0.4 is 11.3 Å². The van der Waals surface area contributed by atoms with Gasteiger partial charge in [-0.1, -0.05) is 30.3 Å². The predicted octanol–water partition coefficient (Wildman–Crippen LogP) is 5.61. The van der Waals surface area contributed by atoms with Gasteiger partial charge in [0.15, 0.2) is 11.4 Å². The van der Waals surface area contributed by atoms with E-state index < -0.39 is 21.5 Å². The number of rotatable bonds is 11. The predicted molar refractivity (Wildman–Crippen MR) is 188 cm³/mol. The van der Waals surface area contributed by atoms with Gasteiger partial charge in [0.2, 0.25) is 17.3 Å². The van der Waals surface area contributed by atoms with Crippen molar-refractivity contribution in [2.45, 2.75) is 69.1 Å². The third kappa shape index (κ3) is 6.92. The van der Waals surface area contributed by atoms with Gasteiger partial charge in [-0.05, 0) is 75.9 Å². The molecule has 3 aromatic carbocycles. The molecule has 0 aliphatic carbocycles. The van der Waals surface area contributed by atoms with Gasteiger partial charge in [0.05, 0.1) is 28.4 Å². The molecule has 3 N–H and O–H groups in total. The maximum atomic E-state index is 12.3. The number of amides is 1. The highest BCUT2D eigenvalue weighted by molar-refractivity contribution is 7.85. The molecule has 11 heteroatoms. The lowest BCUT2D eigenvalue weighted by Gasteiger charge is -2.18. The van der Waals surface area contributed by atoms with Crippen LogP contribution in [-0.2, 0) is 30.5 Å². The van der Waals surface area contributed by atoms with Crippen LogP contribution in [0, 0.1) is 0 Å². The number of carbonyl (C=O) groups is 2. The Morgan fingerprint density at radius 1 is 0.918 bits per heavy atom. The van der Waals surface area contributed by atoms with E-state index >= 15 is 0 Å². The zero-order valence-electron chi connectivity index (χ0n) is 28.6. The molecule has 0 atom stereocenters. The Bertz CT molecular complexity index is 2040. The fourth-order valence-corrected chi connectivity index (χ4v) is 7.33. The van der Waals surface area contributed by atoms with E-state index in [1.54, 1.807) is 18.2 Å². The number of ether oxygens (including phenoxy) is 1. The van der Waals surface area contributed by atoms with Crippen molar-refractivity contribution >= 4 is 51.4 Å². The van der Waals surface area contributed by atoms with Crippen LogP contribution in [0.2, 0.25) is 0 Å². The highest BCUT2D eigenvalue weighted by Crippen LogP contribution is 2.47. The summed E-state index contributed by atoms with van der Waals surface area (Å²) in [5.41, 5.74) is 8.74. The highest BCUT2D eigenvalue weighted by atomic mass is 32.2. The summed E-state index contributed by atoms with van der Waals surface area (Å²) in [6.07, 6.45) is 6.69. The molecule has 5 rings (SSSR count). The molecule has 0 saturated carbocycles. The monoisotopic (exact) mass is 683 g/mol. The molecule has 2 heterocycles. The van der Waals surface area contributed by atoms with Crippen LogP contribution in [0.4, 0.5) is 11.4 Å². The second-order valence-electron chi connectivity index (χ2n) is 13.4. The van der Waals surface area contributed by atoms with E-state index in [4.69, 9.17) is 10.6 Å². The molecule has 256 valence electrons. The molecule has 0 saturated heterocycles. The lowest BCUT2D eigenvalue weighted by molar-refractivity contribution is -0.438. The normalized spacial score (nSPS) is 17.2. The first-order valence-corrected chi connectivity index (χ1v) is 17.6. The maximum Gasteiger partial charge on any atom is 0.337 e. The second kappa shape index (κ2) is 13.7. The Balaban J connectivity index is 1.69. The minimum atomic E-state index is -4.69. The number of fused-ring (bicyclic) bond motifs is 2. The molecule has 0 aromatic heterocycles. The van der Waals surface area contributed by atoms with Crippen molar-refractivity contribution in [3.63, 3.8) is 0 Å². The summed E-state index contributed by atoms with van der Waals surface area (Å²) in [6.45, 7) is 13.3. The third-order valence-electron chi connectivity index (χ3n) is 9.62. The molecule has 2 aliphatic rings. The van der Waals surface area contributed by atoms with Crippen LogP contribution >= 0.6 is 0 Å². The molecule has 0 unspecified atom stereocenters. The lowest BCUT2D eigenvalue weighted by Crippen LogP contribution is -2.29. The van der Waals surface area contributed by atoms with Crippen LogP contribution in [0.25, 0.3) is 5.57 Å². The highest BCUT2D eigenvalue weighted by Gasteiger charge is 2.47. The van der Waals surface area contributed by atoms with E-state index in [-0.39, 0.29) is 16.2 Å². The van der Waals surface area contributed by atoms with Crippen LogP contribution in [-0.4, -0.2) is 60.1 Å². The summed E-state index contributed by atoms with van der Waals surface area (Å²) in [5.74, 6) is 4.59. The van der Waals surface area contributed by atoms with Gasteiger partial charge in [0, 0.05) is 48.3 Å². The minimum absolute atomic E-state index is 0.221. The number of nitrogens with one attached hydrogen (secondary N) is 1. The maximum absolute atomic E-state index is 12.3. The summed E-state index contributed by atoms with van der Waals surface area (Å²) < 4.78 is 45.3. The molecular formula is C38H43N4O6S+. The summed E-state index contributed by atoms with van der Waals surface area (Å²) >= 11 is 0. The van der Waals surface area contributed by atoms with Gasteiger partial charge >= 0.3 is 5.97 Å². The number of esters is 1. The Morgan fingerprint density at radius 2 is 1.59 bits per heavy atom. The zero-order chi connectivity index (χ0) is 35.7. The number of nitrogens with zero attached hydrogens (tertiary/aromatic N) is 2.